The van der Waals surface area contributed by atoms with Gasteiger partial charge in [0.25, 0.3) is 0 Å². The van der Waals surface area contributed by atoms with Gasteiger partial charge in [0.1, 0.15) is 0 Å². The summed E-state index contributed by atoms with van der Waals surface area (Å²) < 4.78 is 0. The first-order chi connectivity index (χ1) is 11.0. The molecule has 0 aliphatic carbocycles. The van der Waals surface area contributed by atoms with Gasteiger partial charge in [0.2, 0.25) is 0 Å². The van der Waals surface area contributed by atoms with E-state index in [1.165, 1.54) is 0 Å². The molecule has 0 fully saturated rings. The maximum absolute atomic E-state index is 7.05. The van der Waals surface area contributed by atoms with Crippen molar-refractivity contribution in [2.45, 2.75) is 47.1 Å². The van der Waals surface area contributed by atoms with Gasteiger partial charge < -0.3 is 5.73 Å². The third-order valence-corrected chi connectivity index (χ3v) is 5.15. The van der Waals surface area contributed by atoms with Crippen LogP contribution in [0.25, 0.3) is 5.57 Å². The monoisotopic (exact) mass is 321 g/mol. The first-order valence-electron chi connectivity index (χ1n) is 8.62. The first kappa shape index (κ1) is 18.5. The van der Waals surface area contributed by atoms with Crippen LogP contribution in [0.15, 0.2) is 61.2 Å². The van der Waals surface area contributed by atoms with Crippen LogP contribution in [0.3, 0.4) is 0 Å². The second-order valence-electron chi connectivity index (χ2n) is 8.73. The van der Waals surface area contributed by atoms with E-state index in [9.17, 15) is 0 Å². The lowest BCUT2D eigenvalue weighted by molar-refractivity contribution is 0.0570. The predicted octanol–water partition coefficient (Wildman–Crippen LogP) is 5.99. The van der Waals surface area contributed by atoms with E-state index in [0.29, 0.717) is 0 Å². The zero-order chi connectivity index (χ0) is 18.2. The molecule has 2 N–H and O–H groups in total. The Bertz CT molecular complexity index is 698. The summed E-state index contributed by atoms with van der Waals surface area (Å²) in [6.07, 6.45) is 0. The predicted molar refractivity (Wildman–Crippen MR) is 106 cm³/mol. The largest absolute Gasteiger partial charge is 0.321 e. The summed E-state index contributed by atoms with van der Waals surface area (Å²) in [6.45, 7) is 17.6. The molecule has 0 bridgehead atoms. The van der Waals surface area contributed by atoms with Gasteiger partial charge in [0, 0.05) is 0 Å². The van der Waals surface area contributed by atoms with Crippen LogP contribution in [0.4, 0.5) is 0 Å². The lowest BCUT2D eigenvalue weighted by Gasteiger charge is -2.51. The van der Waals surface area contributed by atoms with E-state index in [-0.39, 0.29) is 10.8 Å². The molecule has 0 unspecified atom stereocenters. The number of rotatable bonds is 3. The minimum atomic E-state index is -0.451. The van der Waals surface area contributed by atoms with E-state index in [2.05, 4.69) is 84.5 Å². The third kappa shape index (κ3) is 3.18. The molecule has 0 aliphatic rings. The van der Waals surface area contributed by atoms with E-state index >= 15 is 0 Å². The van der Waals surface area contributed by atoms with Crippen molar-refractivity contribution >= 4 is 5.57 Å². The molecule has 0 heterocycles. The first-order valence-corrected chi connectivity index (χ1v) is 8.62. The van der Waals surface area contributed by atoms with Crippen molar-refractivity contribution < 1.29 is 0 Å². The maximum atomic E-state index is 7.05. The quantitative estimate of drug-likeness (QED) is 0.737. The molecule has 0 saturated carbocycles. The molecule has 0 radical (unpaired) electrons. The van der Waals surface area contributed by atoms with Crippen LogP contribution in [0.5, 0.6) is 0 Å². The van der Waals surface area contributed by atoms with Crippen molar-refractivity contribution in [2.24, 2.45) is 16.6 Å². The van der Waals surface area contributed by atoms with Crippen LogP contribution in [-0.2, 0) is 5.54 Å². The minimum Gasteiger partial charge on any atom is -0.321 e. The third-order valence-electron chi connectivity index (χ3n) is 5.15. The summed E-state index contributed by atoms with van der Waals surface area (Å²) in [5, 5.41) is 0. The molecule has 0 aliphatic heterocycles. The molecule has 1 heteroatoms. The Morgan fingerprint density at radius 1 is 0.750 bits per heavy atom. The Morgan fingerprint density at radius 3 is 1.75 bits per heavy atom. The Balaban J connectivity index is 2.56. The molecular formula is C23H31N. The van der Waals surface area contributed by atoms with E-state index in [0.717, 1.165) is 22.3 Å². The number of hydrogen-bond donors (Lipinski definition) is 1. The number of benzene rings is 2. The summed E-state index contributed by atoms with van der Waals surface area (Å²) in [7, 11) is 0. The van der Waals surface area contributed by atoms with E-state index < -0.39 is 5.54 Å². The van der Waals surface area contributed by atoms with Gasteiger partial charge in [0.05, 0.1) is 5.54 Å². The standard InChI is InChI=1S/C23H31N/c1-17(18-12-9-8-10-13-18)19-14-11-15-20(16-19)23(24,21(2,3)4)22(5,6)7/h8-16H,1,24H2,2-7H3. The zero-order valence-corrected chi connectivity index (χ0v) is 16.0. The number of hydrogen-bond acceptors (Lipinski definition) is 1. The molecule has 2 aromatic rings. The molecular weight excluding hydrogens is 290 g/mol. The zero-order valence-electron chi connectivity index (χ0n) is 16.0. The van der Waals surface area contributed by atoms with Crippen LogP contribution >= 0.6 is 0 Å². The molecule has 128 valence electrons. The maximum Gasteiger partial charge on any atom is 0.0507 e. The Morgan fingerprint density at radius 2 is 1.25 bits per heavy atom. The van der Waals surface area contributed by atoms with E-state index in [4.69, 9.17) is 5.73 Å². The van der Waals surface area contributed by atoms with Gasteiger partial charge in [-0.3, -0.25) is 0 Å². The smallest absolute Gasteiger partial charge is 0.0507 e. The second kappa shape index (κ2) is 6.22. The second-order valence-corrected chi connectivity index (χ2v) is 8.73. The van der Waals surface area contributed by atoms with Gasteiger partial charge in [-0.2, -0.15) is 0 Å². The van der Waals surface area contributed by atoms with Crippen LogP contribution in [0.2, 0.25) is 0 Å². The highest BCUT2D eigenvalue weighted by Gasteiger charge is 2.48. The van der Waals surface area contributed by atoms with Gasteiger partial charge in [-0.25, -0.2) is 0 Å². The molecule has 1 nitrogen and oxygen atoms in total. The van der Waals surface area contributed by atoms with Crippen molar-refractivity contribution in [3.63, 3.8) is 0 Å². The van der Waals surface area contributed by atoms with Crippen LogP contribution < -0.4 is 5.73 Å². The Labute approximate surface area is 147 Å². The molecule has 0 amide bonds. The highest BCUT2D eigenvalue weighted by atomic mass is 14.8. The van der Waals surface area contributed by atoms with Crippen molar-refractivity contribution in [1.29, 1.82) is 0 Å². The Hall–Kier alpha value is -1.86. The normalized spacial score (nSPS) is 13.0. The Kier molecular flexibility index (Phi) is 4.79. The van der Waals surface area contributed by atoms with Gasteiger partial charge in [0.15, 0.2) is 0 Å². The van der Waals surface area contributed by atoms with E-state index in [1.807, 2.05) is 18.2 Å². The fraction of sp³-hybridized carbons (Fsp3) is 0.391. The van der Waals surface area contributed by atoms with Crippen molar-refractivity contribution in [3.8, 4) is 0 Å². The average Bonchev–Trinajstić information content (AvgIpc) is 2.52. The summed E-state index contributed by atoms with van der Waals surface area (Å²) in [5.41, 5.74) is 10.9. The van der Waals surface area contributed by atoms with Gasteiger partial charge in [-0.1, -0.05) is 96.7 Å². The van der Waals surface area contributed by atoms with Gasteiger partial charge in [-0.05, 0) is 39.2 Å². The SMILES string of the molecule is C=C(c1ccccc1)c1cccc(C(N)(C(C)(C)C)C(C)(C)C)c1. The average molecular weight is 322 g/mol. The van der Waals surface area contributed by atoms with Crippen molar-refractivity contribution in [2.75, 3.05) is 0 Å². The molecule has 0 spiro atoms. The molecule has 2 aromatic carbocycles. The summed E-state index contributed by atoms with van der Waals surface area (Å²) >= 11 is 0. The molecule has 24 heavy (non-hydrogen) atoms. The lowest BCUT2D eigenvalue weighted by atomic mass is 9.57. The topological polar surface area (TPSA) is 26.0 Å². The lowest BCUT2D eigenvalue weighted by Crippen LogP contribution is -2.57. The summed E-state index contributed by atoms with van der Waals surface area (Å²) in [5.74, 6) is 0. The molecule has 0 saturated heterocycles. The van der Waals surface area contributed by atoms with Gasteiger partial charge in [-0.15, -0.1) is 0 Å². The van der Waals surface area contributed by atoms with Crippen molar-refractivity contribution in [1.82, 2.24) is 0 Å². The summed E-state index contributed by atoms with van der Waals surface area (Å²) in [6, 6.07) is 18.9. The molecule has 0 aromatic heterocycles. The highest BCUT2D eigenvalue weighted by molar-refractivity contribution is 5.78. The van der Waals surface area contributed by atoms with Crippen molar-refractivity contribution in [3.05, 3.63) is 77.9 Å². The van der Waals surface area contributed by atoms with Crippen LogP contribution in [-0.4, -0.2) is 0 Å². The summed E-state index contributed by atoms with van der Waals surface area (Å²) in [4.78, 5) is 0. The van der Waals surface area contributed by atoms with Crippen LogP contribution in [0, 0.1) is 10.8 Å². The minimum absolute atomic E-state index is 0.0715. The van der Waals surface area contributed by atoms with Gasteiger partial charge >= 0.3 is 0 Å². The van der Waals surface area contributed by atoms with Crippen LogP contribution in [0.1, 0.15) is 58.2 Å². The fourth-order valence-corrected chi connectivity index (χ4v) is 3.75. The molecule has 2 rings (SSSR count). The fourth-order valence-electron chi connectivity index (χ4n) is 3.75. The van der Waals surface area contributed by atoms with E-state index in [1.54, 1.807) is 0 Å². The number of nitrogens with two attached hydrogens (primary N) is 1. The molecule has 0 atom stereocenters. The highest BCUT2D eigenvalue weighted by Crippen LogP contribution is 2.49.